The van der Waals surface area contributed by atoms with E-state index < -0.39 is 12.6 Å². The van der Waals surface area contributed by atoms with Crippen molar-refractivity contribution in [2.45, 2.75) is 12.6 Å². The van der Waals surface area contributed by atoms with E-state index in [1.165, 1.54) is 0 Å². The fourth-order valence-electron chi connectivity index (χ4n) is 3.05. The molecule has 2 heterocycles. The lowest BCUT2D eigenvalue weighted by Crippen LogP contribution is -2.49. The van der Waals surface area contributed by atoms with Gasteiger partial charge in [0.1, 0.15) is 0 Å². The summed E-state index contributed by atoms with van der Waals surface area (Å²) in [5.41, 5.74) is 1.37. The molecule has 2 fully saturated rings. The van der Waals surface area contributed by atoms with E-state index in [-0.39, 0.29) is 5.41 Å². The van der Waals surface area contributed by atoms with Gasteiger partial charge in [0.2, 0.25) is 0 Å². The zero-order chi connectivity index (χ0) is 17.3. The van der Waals surface area contributed by atoms with E-state index >= 15 is 0 Å². The number of ether oxygens (including phenoxy) is 4. The molecule has 4 nitrogen and oxygen atoms in total. The molecule has 2 aromatic carbocycles. The van der Waals surface area contributed by atoms with Crippen molar-refractivity contribution in [1.82, 2.24) is 0 Å². The summed E-state index contributed by atoms with van der Waals surface area (Å²) in [5.74, 6) is 0. The Kier molecular flexibility index (Phi) is 5.00. The molecule has 4 rings (SSSR count). The lowest BCUT2D eigenvalue weighted by Gasteiger charge is -2.44. The molecule has 2 aliphatic rings. The maximum absolute atomic E-state index is 6.21. The van der Waals surface area contributed by atoms with Gasteiger partial charge in [0, 0.05) is 21.2 Å². The van der Waals surface area contributed by atoms with E-state index in [0.29, 0.717) is 36.5 Å². The van der Waals surface area contributed by atoms with Crippen LogP contribution in [0.1, 0.15) is 23.7 Å². The molecule has 0 bridgehead atoms. The molecule has 132 valence electrons. The first kappa shape index (κ1) is 17.3. The quantitative estimate of drug-likeness (QED) is 0.751. The van der Waals surface area contributed by atoms with Crippen molar-refractivity contribution in [3.8, 4) is 0 Å². The van der Waals surface area contributed by atoms with Crippen LogP contribution in [0, 0.1) is 5.41 Å². The van der Waals surface area contributed by atoms with E-state index in [1.807, 2.05) is 48.5 Å². The van der Waals surface area contributed by atoms with Gasteiger partial charge in [0.15, 0.2) is 12.6 Å². The van der Waals surface area contributed by atoms with Crippen molar-refractivity contribution in [3.05, 3.63) is 69.7 Å². The maximum atomic E-state index is 6.21. The SMILES string of the molecule is Clc1ccccc1C1OCC2(CO1)COC(c1ccccc1Cl)OC2. The summed E-state index contributed by atoms with van der Waals surface area (Å²) in [4.78, 5) is 0. The molecule has 2 aliphatic heterocycles. The van der Waals surface area contributed by atoms with Gasteiger partial charge in [0.05, 0.1) is 31.8 Å². The highest BCUT2D eigenvalue weighted by Crippen LogP contribution is 2.40. The molecule has 0 aliphatic carbocycles. The molecule has 0 unspecified atom stereocenters. The highest BCUT2D eigenvalue weighted by Gasteiger charge is 2.43. The molecule has 0 saturated carbocycles. The first-order valence-corrected chi connectivity index (χ1v) is 8.88. The minimum absolute atomic E-state index is 0.310. The van der Waals surface area contributed by atoms with Gasteiger partial charge < -0.3 is 18.9 Å². The number of halogens is 2. The lowest BCUT2D eigenvalue weighted by atomic mass is 9.90. The zero-order valence-electron chi connectivity index (χ0n) is 13.5. The Morgan fingerprint density at radius 3 is 1.36 bits per heavy atom. The summed E-state index contributed by atoms with van der Waals surface area (Å²) in [6.07, 6.45) is -0.916. The molecule has 0 radical (unpaired) electrons. The largest absolute Gasteiger partial charge is 0.347 e. The second kappa shape index (κ2) is 7.23. The van der Waals surface area contributed by atoms with E-state index in [0.717, 1.165) is 11.1 Å². The van der Waals surface area contributed by atoms with Gasteiger partial charge in [-0.05, 0) is 12.1 Å². The van der Waals surface area contributed by atoms with Crippen LogP contribution in [0.3, 0.4) is 0 Å². The predicted molar refractivity (Wildman–Crippen MR) is 94.6 cm³/mol. The Labute approximate surface area is 156 Å². The number of benzene rings is 2. The van der Waals surface area contributed by atoms with Crippen LogP contribution >= 0.6 is 23.2 Å². The van der Waals surface area contributed by atoms with Gasteiger partial charge >= 0.3 is 0 Å². The second-order valence-electron chi connectivity index (χ2n) is 6.45. The Balaban J connectivity index is 1.39. The first-order chi connectivity index (χ1) is 12.2. The van der Waals surface area contributed by atoms with Gasteiger partial charge in [-0.2, -0.15) is 0 Å². The number of hydrogen-bond donors (Lipinski definition) is 0. The van der Waals surface area contributed by atoms with Crippen LogP contribution in [0.4, 0.5) is 0 Å². The topological polar surface area (TPSA) is 36.9 Å². The summed E-state index contributed by atoms with van der Waals surface area (Å²) < 4.78 is 23.6. The predicted octanol–water partition coefficient (Wildman–Crippen LogP) is 4.77. The lowest BCUT2D eigenvalue weighted by molar-refractivity contribution is -0.307. The molecule has 6 heteroatoms. The number of hydrogen-bond acceptors (Lipinski definition) is 4. The standard InChI is InChI=1S/C19H18Cl2O4/c20-15-7-3-1-5-13(15)17-22-9-19(10-23-17)11-24-18(25-12-19)14-6-2-4-8-16(14)21/h1-8,17-18H,9-12H2. The molecule has 2 saturated heterocycles. The first-order valence-electron chi connectivity index (χ1n) is 8.12. The third kappa shape index (κ3) is 3.56. The Bertz CT molecular complexity index is 669. The molecule has 25 heavy (non-hydrogen) atoms. The Morgan fingerprint density at radius 2 is 1.00 bits per heavy atom. The van der Waals surface area contributed by atoms with Crippen molar-refractivity contribution in [2.24, 2.45) is 5.41 Å². The van der Waals surface area contributed by atoms with Crippen LogP contribution in [-0.4, -0.2) is 26.4 Å². The molecule has 0 N–H and O–H groups in total. The molecule has 1 spiro atoms. The van der Waals surface area contributed by atoms with E-state index in [9.17, 15) is 0 Å². The van der Waals surface area contributed by atoms with Crippen molar-refractivity contribution in [1.29, 1.82) is 0 Å². The Hall–Kier alpha value is -1.14. The molecule has 0 amide bonds. The van der Waals surface area contributed by atoms with Crippen LogP contribution in [0.2, 0.25) is 10.0 Å². The normalized spacial score (nSPS) is 29.7. The average Bonchev–Trinajstić information content (AvgIpc) is 2.65. The molecule has 2 aromatic rings. The third-order valence-electron chi connectivity index (χ3n) is 4.48. The molecular formula is C19H18Cl2O4. The van der Waals surface area contributed by atoms with Gasteiger partial charge in [-0.25, -0.2) is 0 Å². The van der Waals surface area contributed by atoms with Gasteiger partial charge in [0.25, 0.3) is 0 Å². The summed E-state index contributed by atoms with van der Waals surface area (Å²) in [6, 6.07) is 15.1. The van der Waals surface area contributed by atoms with Crippen LogP contribution in [0.25, 0.3) is 0 Å². The van der Waals surface area contributed by atoms with Crippen LogP contribution in [-0.2, 0) is 18.9 Å². The maximum Gasteiger partial charge on any atom is 0.185 e. The van der Waals surface area contributed by atoms with Crippen LogP contribution < -0.4 is 0 Å². The third-order valence-corrected chi connectivity index (χ3v) is 5.17. The average molecular weight is 381 g/mol. The van der Waals surface area contributed by atoms with Crippen molar-refractivity contribution < 1.29 is 18.9 Å². The smallest absolute Gasteiger partial charge is 0.185 e. The highest BCUT2D eigenvalue weighted by atomic mass is 35.5. The minimum atomic E-state index is -0.458. The van der Waals surface area contributed by atoms with Crippen molar-refractivity contribution in [3.63, 3.8) is 0 Å². The van der Waals surface area contributed by atoms with Crippen molar-refractivity contribution in [2.75, 3.05) is 26.4 Å². The zero-order valence-corrected chi connectivity index (χ0v) is 15.0. The summed E-state index contributed by atoms with van der Waals surface area (Å²) in [5, 5.41) is 1.27. The van der Waals surface area contributed by atoms with E-state index in [4.69, 9.17) is 42.1 Å². The fraction of sp³-hybridized carbons (Fsp3) is 0.368. The fourth-order valence-corrected chi connectivity index (χ4v) is 3.50. The summed E-state index contributed by atoms with van der Waals surface area (Å²) in [6.45, 7) is 1.94. The summed E-state index contributed by atoms with van der Waals surface area (Å²) >= 11 is 12.4. The van der Waals surface area contributed by atoms with Gasteiger partial charge in [-0.3, -0.25) is 0 Å². The molecule has 0 aromatic heterocycles. The highest BCUT2D eigenvalue weighted by molar-refractivity contribution is 6.31. The van der Waals surface area contributed by atoms with Gasteiger partial charge in [-0.1, -0.05) is 59.6 Å². The van der Waals surface area contributed by atoms with Crippen LogP contribution in [0.15, 0.2) is 48.5 Å². The van der Waals surface area contributed by atoms with Crippen molar-refractivity contribution >= 4 is 23.2 Å². The van der Waals surface area contributed by atoms with Gasteiger partial charge in [-0.15, -0.1) is 0 Å². The van der Waals surface area contributed by atoms with E-state index in [2.05, 4.69) is 0 Å². The molecule has 0 atom stereocenters. The van der Waals surface area contributed by atoms with Crippen LogP contribution in [0.5, 0.6) is 0 Å². The summed E-state index contributed by atoms with van der Waals surface area (Å²) in [7, 11) is 0. The molecular weight excluding hydrogens is 363 g/mol. The monoisotopic (exact) mass is 380 g/mol. The Morgan fingerprint density at radius 1 is 0.640 bits per heavy atom. The van der Waals surface area contributed by atoms with E-state index in [1.54, 1.807) is 0 Å². The minimum Gasteiger partial charge on any atom is -0.347 e. The second-order valence-corrected chi connectivity index (χ2v) is 7.27. The number of rotatable bonds is 2.